The highest BCUT2D eigenvalue weighted by Crippen LogP contribution is 2.19. The minimum Gasteiger partial charge on any atom is -0.496 e. The van der Waals surface area contributed by atoms with Gasteiger partial charge in [-0.1, -0.05) is 0 Å². The smallest absolute Gasteiger partial charge is 0.337 e. The van der Waals surface area contributed by atoms with Gasteiger partial charge in [-0.3, -0.25) is 4.79 Å². The Morgan fingerprint density at radius 3 is 2.42 bits per heavy atom. The maximum Gasteiger partial charge on any atom is 0.337 e. The van der Waals surface area contributed by atoms with Crippen molar-refractivity contribution >= 4 is 11.9 Å². The van der Waals surface area contributed by atoms with E-state index in [-0.39, 0.29) is 11.3 Å². The van der Waals surface area contributed by atoms with Crippen LogP contribution in [0.1, 0.15) is 31.1 Å². The Balaban J connectivity index is 2.79. The highest BCUT2D eigenvalue weighted by atomic mass is 19.1. The Kier molecular flexibility index (Phi) is 4.47. The van der Waals surface area contributed by atoms with Gasteiger partial charge in [0.25, 0.3) is 5.91 Å². The van der Waals surface area contributed by atoms with Crippen molar-refractivity contribution in [2.45, 2.75) is 20.8 Å². The number of halogens is 1. The van der Waals surface area contributed by atoms with Gasteiger partial charge in [0, 0.05) is 0 Å². The topological polar surface area (TPSA) is 64.6 Å². The monoisotopic (exact) mass is 269 g/mol. The van der Waals surface area contributed by atoms with Crippen LogP contribution in [-0.4, -0.2) is 19.0 Å². The van der Waals surface area contributed by atoms with Gasteiger partial charge in [0.15, 0.2) is 0 Å². The van der Waals surface area contributed by atoms with Crippen LogP contribution in [0.3, 0.4) is 0 Å². The van der Waals surface area contributed by atoms with Gasteiger partial charge < -0.3 is 9.57 Å². The summed E-state index contributed by atoms with van der Waals surface area (Å²) in [6.45, 7) is 4.93. The molecule has 0 atom stereocenters. The minimum atomic E-state index is -0.756. The summed E-state index contributed by atoms with van der Waals surface area (Å²) in [6, 6.07) is 3.48. The molecule has 6 heteroatoms. The third kappa shape index (κ3) is 3.94. The molecule has 0 radical (unpaired) electrons. The normalized spacial score (nSPS) is 10.8. The van der Waals surface area contributed by atoms with Gasteiger partial charge in [-0.05, 0) is 39.0 Å². The summed E-state index contributed by atoms with van der Waals surface area (Å²) in [7, 11) is 1.35. The summed E-state index contributed by atoms with van der Waals surface area (Å²) in [5.74, 6) is -1.76. The number of benzene rings is 1. The van der Waals surface area contributed by atoms with Gasteiger partial charge in [-0.25, -0.2) is 9.18 Å². The number of nitrogens with one attached hydrogen (secondary N) is 1. The van der Waals surface area contributed by atoms with E-state index in [1.54, 1.807) is 20.8 Å². The van der Waals surface area contributed by atoms with Crippen molar-refractivity contribution in [3.63, 3.8) is 0 Å². The Hall–Kier alpha value is -2.11. The fourth-order valence-corrected chi connectivity index (χ4v) is 1.16. The molecule has 5 nitrogen and oxygen atoms in total. The average Bonchev–Trinajstić information content (AvgIpc) is 2.34. The number of carbonyl (C=O) groups is 2. The maximum atomic E-state index is 13.1. The maximum absolute atomic E-state index is 13.1. The summed E-state index contributed by atoms with van der Waals surface area (Å²) in [5.41, 5.74) is 1.17. The minimum absolute atomic E-state index is 0.0517. The number of hydroxylamine groups is 1. The molecule has 1 aromatic rings. The van der Waals surface area contributed by atoms with Crippen LogP contribution in [0.2, 0.25) is 0 Å². The van der Waals surface area contributed by atoms with Crippen molar-refractivity contribution in [1.29, 1.82) is 0 Å². The van der Waals surface area contributed by atoms with Crippen LogP contribution in [0.15, 0.2) is 18.2 Å². The highest BCUT2D eigenvalue weighted by molar-refractivity contribution is 5.97. The Labute approximate surface area is 110 Å². The Morgan fingerprint density at radius 1 is 1.26 bits per heavy atom. The predicted molar refractivity (Wildman–Crippen MR) is 66.0 cm³/mol. The number of amides is 1. The van der Waals surface area contributed by atoms with E-state index in [2.05, 4.69) is 4.84 Å². The zero-order valence-electron chi connectivity index (χ0n) is 11.2. The van der Waals surface area contributed by atoms with Crippen molar-refractivity contribution in [1.82, 2.24) is 5.48 Å². The molecule has 0 saturated heterocycles. The summed E-state index contributed by atoms with van der Waals surface area (Å²) in [5, 5.41) is 0. The predicted octanol–water partition coefficient (Wildman–Crippen LogP) is 2.07. The summed E-state index contributed by atoms with van der Waals surface area (Å²) in [4.78, 5) is 27.9. The molecule has 0 heterocycles. The molecular formula is C13H16FNO4. The summed E-state index contributed by atoms with van der Waals surface area (Å²) >= 11 is 0. The number of ether oxygens (including phenoxy) is 1. The van der Waals surface area contributed by atoms with Crippen molar-refractivity contribution in [2.24, 2.45) is 5.41 Å². The van der Waals surface area contributed by atoms with Gasteiger partial charge in [0.1, 0.15) is 11.6 Å². The van der Waals surface area contributed by atoms with E-state index >= 15 is 0 Å². The molecule has 0 aliphatic carbocycles. The highest BCUT2D eigenvalue weighted by Gasteiger charge is 2.25. The van der Waals surface area contributed by atoms with Gasteiger partial charge in [-0.2, -0.15) is 5.48 Å². The first-order chi connectivity index (χ1) is 8.75. The van der Waals surface area contributed by atoms with Crippen LogP contribution in [0, 0.1) is 11.2 Å². The molecule has 19 heavy (non-hydrogen) atoms. The number of hydrogen-bond donors (Lipinski definition) is 1. The van der Waals surface area contributed by atoms with Crippen LogP contribution in [0.4, 0.5) is 4.39 Å². The second-order valence-electron chi connectivity index (χ2n) is 4.92. The molecule has 0 spiro atoms. The molecule has 0 aliphatic rings. The zero-order valence-corrected chi connectivity index (χ0v) is 11.2. The fourth-order valence-electron chi connectivity index (χ4n) is 1.16. The average molecular weight is 269 g/mol. The van der Waals surface area contributed by atoms with Crippen molar-refractivity contribution in [2.75, 3.05) is 7.11 Å². The van der Waals surface area contributed by atoms with Crippen LogP contribution in [-0.2, 0) is 9.63 Å². The molecule has 104 valence electrons. The molecule has 0 fully saturated rings. The first-order valence-corrected chi connectivity index (χ1v) is 5.61. The number of carbonyl (C=O) groups excluding carboxylic acids is 2. The molecule has 1 aromatic carbocycles. The Morgan fingerprint density at radius 2 is 1.89 bits per heavy atom. The molecule has 0 aromatic heterocycles. The molecule has 0 saturated carbocycles. The fraction of sp³-hybridized carbons (Fsp3) is 0.385. The van der Waals surface area contributed by atoms with E-state index < -0.39 is 23.1 Å². The van der Waals surface area contributed by atoms with Crippen LogP contribution in [0.25, 0.3) is 0 Å². The molecule has 0 bridgehead atoms. The molecule has 1 amide bonds. The third-order valence-electron chi connectivity index (χ3n) is 2.25. The van der Waals surface area contributed by atoms with Gasteiger partial charge in [0.2, 0.25) is 0 Å². The van der Waals surface area contributed by atoms with Crippen molar-refractivity contribution < 1.29 is 23.6 Å². The first kappa shape index (κ1) is 14.9. The van der Waals surface area contributed by atoms with E-state index in [9.17, 15) is 14.0 Å². The molecule has 1 N–H and O–H groups in total. The lowest BCUT2D eigenvalue weighted by atomic mass is 9.98. The second kappa shape index (κ2) is 5.69. The van der Waals surface area contributed by atoms with Crippen LogP contribution < -0.4 is 10.2 Å². The molecule has 0 aliphatic heterocycles. The van der Waals surface area contributed by atoms with E-state index in [1.165, 1.54) is 13.2 Å². The molecular weight excluding hydrogens is 253 g/mol. The summed E-state index contributed by atoms with van der Waals surface area (Å²) in [6.07, 6.45) is 0. The van der Waals surface area contributed by atoms with Crippen molar-refractivity contribution in [3.8, 4) is 5.75 Å². The largest absolute Gasteiger partial charge is 0.496 e. The lowest BCUT2D eigenvalue weighted by Crippen LogP contribution is -2.33. The SMILES string of the molecule is COc1ccc(F)cc1C(=O)NOC(=O)C(C)(C)C. The number of methoxy groups -OCH3 is 1. The van der Waals surface area contributed by atoms with E-state index in [1.807, 2.05) is 5.48 Å². The Bertz CT molecular complexity index is 494. The molecule has 0 unspecified atom stereocenters. The van der Waals surface area contributed by atoms with E-state index in [0.717, 1.165) is 12.1 Å². The van der Waals surface area contributed by atoms with Crippen LogP contribution in [0.5, 0.6) is 5.75 Å². The van der Waals surface area contributed by atoms with Crippen molar-refractivity contribution in [3.05, 3.63) is 29.6 Å². The standard InChI is InChI=1S/C13H16FNO4/c1-13(2,3)12(17)19-15-11(16)9-7-8(14)5-6-10(9)18-4/h5-7H,1-4H3,(H,15,16). The number of hydrogen-bond acceptors (Lipinski definition) is 4. The zero-order chi connectivity index (χ0) is 14.6. The quantitative estimate of drug-likeness (QED) is 0.835. The van der Waals surface area contributed by atoms with Gasteiger partial charge in [-0.15, -0.1) is 0 Å². The third-order valence-corrected chi connectivity index (χ3v) is 2.25. The van der Waals surface area contributed by atoms with E-state index in [0.29, 0.717) is 0 Å². The number of rotatable bonds is 2. The lowest BCUT2D eigenvalue weighted by molar-refractivity contribution is -0.158. The van der Waals surface area contributed by atoms with E-state index in [4.69, 9.17) is 4.74 Å². The lowest BCUT2D eigenvalue weighted by Gasteiger charge is -2.16. The molecule has 1 rings (SSSR count). The van der Waals surface area contributed by atoms with Gasteiger partial charge in [0.05, 0.1) is 18.1 Å². The first-order valence-electron chi connectivity index (χ1n) is 5.61. The van der Waals surface area contributed by atoms with Gasteiger partial charge >= 0.3 is 5.97 Å². The second-order valence-corrected chi connectivity index (χ2v) is 4.92. The summed E-state index contributed by atoms with van der Waals surface area (Å²) < 4.78 is 18.0. The van der Waals surface area contributed by atoms with Crippen LogP contribution >= 0.6 is 0 Å².